The van der Waals surface area contributed by atoms with E-state index in [1.807, 2.05) is 30.3 Å². The molecule has 2 aromatic carbocycles. The van der Waals surface area contributed by atoms with Crippen LogP contribution in [0.15, 0.2) is 54.6 Å². The molecular weight excluding hydrogens is 328 g/mol. The first-order chi connectivity index (χ1) is 11.6. The van der Waals surface area contributed by atoms with Crippen LogP contribution in [0.5, 0.6) is 5.75 Å². The predicted octanol–water partition coefficient (Wildman–Crippen LogP) is 2.19. The lowest BCUT2D eigenvalue weighted by Crippen LogP contribution is -2.39. The van der Waals surface area contributed by atoms with Crippen LogP contribution >= 0.6 is 11.6 Å². The zero-order valence-corrected chi connectivity index (χ0v) is 13.9. The van der Waals surface area contributed by atoms with E-state index < -0.39 is 0 Å². The Kier molecular flexibility index (Phi) is 7.11. The van der Waals surface area contributed by atoms with Gasteiger partial charge in [-0.05, 0) is 36.2 Å². The summed E-state index contributed by atoms with van der Waals surface area (Å²) in [6.07, 6.45) is 0.750. The molecule has 0 aliphatic rings. The van der Waals surface area contributed by atoms with Gasteiger partial charge in [-0.15, -0.1) is 0 Å². The fourth-order valence-electron chi connectivity index (χ4n) is 1.96. The van der Waals surface area contributed by atoms with Crippen LogP contribution in [0.1, 0.15) is 5.56 Å². The standard InChI is InChI=1S/C18H19ClN2O3/c19-15-6-8-16(9-7-15)24-13-18(23)21-12-17(22)20-11-10-14-4-2-1-3-5-14/h1-9H,10-13H2,(H,20,22)(H,21,23). The molecule has 0 atom stereocenters. The van der Waals surface area contributed by atoms with Crippen LogP contribution < -0.4 is 15.4 Å². The Bertz CT molecular complexity index is 660. The molecule has 0 aliphatic heterocycles. The number of hydrogen-bond acceptors (Lipinski definition) is 3. The maximum absolute atomic E-state index is 11.7. The van der Waals surface area contributed by atoms with Crippen LogP contribution in [0.4, 0.5) is 0 Å². The average molecular weight is 347 g/mol. The number of ether oxygens (including phenoxy) is 1. The molecule has 6 heteroatoms. The molecule has 2 rings (SSSR count). The normalized spacial score (nSPS) is 10.0. The van der Waals surface area contributed by atoms with E-state index in [1.54, 1.807) is 24.3 Å². The number of carbonyl (C=O) groups is 2. The smallest absolute Gasteiger partial charge is 0.258 e. The summed E-state index contributed by atoms with van der Waals surface area (Å²) in [5.41, 5.74) is 1.15. The molecule has 0 aliphatic carbocycles. The van der Waals surface area contributed by atoms with Gasteiger partial charge in [0.15, 0.2) is 6.61 Å². The van der Waals surface area contributed by atoms with Crippen LogP contribution in [-0.2, 0) is 16.0 Å². The lowest BCUT2D eigenvalue weighted by atomic mass is 10.1. The van der Waals surface area contributed by atoms with Gasteiger partial charge < -0.3 is 15.4 Å². The second-order valence-corrected chi connectivity index (χ2v) is 5.54. The van der Waals surface area contributed by atoms with Gasteiger partial charge in [0.05, 0.1) is 6.54 Å². The number of nitrogens with one attached hydrogen (secondary N) is 2. The molecule has 5 nitrogen and oxygen atoms in total. The molecule has 126 valence electrons. The third kappa shape index (κ3) is 6.71. The summed E-state index contributed by atoms with van der Waals surface area (Å²) in [5.74, 6) is -0.0456. The molecule has 24 heavy (non-hydrogen) atoms. The van der Waals surface area contributed by atoms with Gasteiger partial charge in [-0.2, -0.15) is 0 Å². The van der Waals surface area contributed by atoms with Gasteiger partial charge in [0.25, 0.3) is 5.91 Å². The zero-order chi connectivity index (χ0) is 17.2. The Morgan fingerprint density at radius 3 is 2.33 bits per heavy atom. The Balaban J connectivity index is 1.59. The van der Waals surface area contributed by atoms with E-state index in [4.69, 9.17) is 16.3 Å². The van der Waals surface area contributed by atoms with Crippen LogP contribution in [0.3, 0.4) is 0 Å². The molecule has 0 saturated carbocycles. The highest BCUT2D eigenvalue weighted by Crippen LogP contribution is 2.15. The summed E-state index contributed by atoms with van der Waals surface area (Å²) in [4.78, 5) is 23.3. The highest BCUT2D eigenvalue weighted by Gasteiger charge is 2.06. The van der Waals surface area contributed by atoms with E-state index in [2.05, 4.69) is 10.6 Å². The Morgan fingerprint density at radius 2 is 1.62 bits per heavy atom. The molecule has 0 saturated heterocycles. The summed E-state index contributed by atoms with van der Waals surface area (Å²) in [6, 6.07) is 16.6. The predicted molar refractivity (Wildman–Crippen MR) is 93.1 cm³/mol. The van der Waals surface area contributed by atoms with Crippen LogP contribution in [0.25, 0.3) is 0 Å². The number of benzene rings is 2. The summed E-state index contributed by atoms with van der Waals surface area (Å²) in [7, 11) is 0. The summed E-state index contributed by atoms with van der Waals surface area (Å²) < 4.78 is 5.29. The summed E-state index contributed by atoms with van der Waals surface area (Å²) in [6.45, 7) is 0.302. The molecule has 0 unspecified atom stereocenters. The Labute approximate surface area is 146 Å². The van der Waals surface area contributed by atoms with Crippen molar-refractivity contribution in [3.05, 3.63) is 65.2 Å². The molecule has 0 bridgehead atoms. The highest BCUT2D eigenvalue weighted by atomic mass is 35.5. The zero-order valence-electron chi connectivity index (χ0n) is 13.1. The van der Waals surface area contributed by atoms with Gasteiger partial charge in [0.2, 0.25) is 5.91 Å². The van der Waals surface area contributed by atoms with Crippen molar-refractivity contribution < 1.29 is 14.3 Å². The minimum absolute atomic E-state index is 0.0718. The van der Waals surface area contributed by atoms with Crippen molar-refractivity contribution >= 4 is 23.4 Å². The molecule has 0 spiro atoms. The van der Waals surface area contributed by atoms with Crippen molar-refractivity contribution in [1.29, 1.82) is 0 Å². The van der Waals surface area contributed by atoms with Crippen LogP contribution in [0, 0.1) is 0 Å². The number of amides is 2. The van der Waals surface area contributed by atoms with E-state index in [0.717, 1.165) is 12.0 Å². The van der Waals surface area contributed by atoms with Crippen molar-refractivity contribution in [3.63, 3.8) is 0 Å². The fourth-order valence-corrected chi connectivity index (χ4v) is 2.09. The number of hydrogen-bond donors (Lipinski definition) is 2. The Hall–Kier alpha value is -2.53. The molecule has 2 amide bonds. The first-order valence-electron chi connectivity index (χ1n) is 7.59. The first kappa shape index (κ1) is 17.8. The second-order valence-electron chi connectivity index (χ2n) is 5.10. The minimum atomic E-state index is -0.358. The van der Waals surface area contributed by atoms with E-state index in [1.165, 1.54) is 0 Å². The Morgan fingerprint density at radius 1 is 0.917 bits per heavy atom. The third-order valence-corrected chi connectivity index (χ3v) is 3.46. The topological polar surface area (TPSA) is 67.4 Å². The van der Waals surface area contributed by atoms with E-state index in [9.17, 15) is 9.59 Å². The maximum Gasteiger partial charge on any atom is 0.258 e. The SMILES string of the molecule is O=C(CNC(=O)COc1ccc(Cl)cc1)NCCc1ccccc1. The van der Waals surface area contributed by atoms with Crippen LogP contribution in [-0.4, -0.2) is 31.5 Å². The van der Waals surface area contributed by atoms with Crippen LogP contribution in [0.2, 0.25) is 5.02 Å². The molecule has 2 N–H and O–H groups in total. The van der Waals surface area contributed by atoms with E-state index >= 15 is 0 Å². The highest BCUT2D eigenvalue weighted by molar-refractivity contribution is 6.30. The van der Waals surface area contributed by atoms with Gasteiger partial charge in [-0.25, -0.2) is 0 Å². The monoisotopic (exact) mass is 346 g/mol. The van der Waals surface area contributed by atoms with E-state index in [0.29, 0.717) is 17.3 Å². The first-order valence-corrected chi connectivity index (χ1v) is 7.97. The molecule has 0 fully saturated rings. The minimum Gasteiger partial charge on any atom is -0.484 e. The largest absolute Gasteiger partial charge is 0.484 e. The lowest BCUT2D eigenvalue weighted by Gasteiger charge is -2.08. The molecule has 0 aromatic heterocycles. The lowest BCUT2D eigenvalue weighted by molar-refractivity contribution is -0.127. The summed E-state index contributed by atoms with van der Waals surface area (Å²) >= 11 is 5.76. The van der Waals surface area contributed by atoms with Gasteiger partial charge in [0, 0.05) is 11.6 Å². The molecule has 2 aromatic rings. The summed E-state index contributed by atoms with van der Waals surface area (Å²) in [5, 5.41) is 5.86. The van der Waals surface area contributed by atoms with Gasteiger partial charge in [-0.3, -0.25) is 9.59 Å². The van der Waals surface area contributed by atoms with Crippen molar-refractivity contribution in [2.75, 3.05) is 19.7 Å². The molecular formula is C18H19ClN2O3. The van der Waals surface area contributed by atoms with Gasteiger partial charge in [0.1, 0.15) is 5.75 Å². The fraction of sp³-hybridized carbons (Fsp3) is 0.222. The quantitative estimate of drug-likeness (QED) is 0.770. The average Bonchev–Trinajstić information content (AvgIpc) is 2.60. The molecule has 0 heterocycles. The van der Waals surface area contributed by atoms with Crippen molar-refractivity contribution in [2.24, 2.45) is 0 Å². The second kappa shape index (κ2) is 9.57. The van der Waals surface area contributed by atoms with Gasteiger partial charge in [-0.1, -0.05) is 41.9 Å². The third-order valence-electron chi connectivity index (χ3n) is 3.21. The number of carbonyl (C=O) groups excluding carboxylic acids is 2. The molecule has 0 radical (unpaired) electrons. The maximum atomic E-state index is 11.7. The van der Waals surface area contributed by atoms with Crippen molar-refractivity contribution in [2.45, 2.75) is 6.42 Å². The van der Waals surface area contributed by atoms with E-state index in [-0.39, 0.29) is 25.0 Å². The van der Waals surface area contributed by atoms with Gasteiger partial charge >= 0.3 is 0 Å². The van der Waals surface area contributed by atoms with Crippen molar-refractivity contribution in [3.8, 4) is 5.75 Å². The van der Waals surface area contributed by atoms with Crippen molar-refractivity contribution in [1.82, 2.24) is 10.6 Å². The number of rotatable bonds is 8. The number of halogens is 1.